The van der Waals surface area contributed by atoms with Gasteiger partial charge in [-0.2, -0.15) is 0 Å². The Balaban J connectivity index is 1.73. The van der Waals surface area contributed by atoms with Crippen LogP contribution in [0.1, 0.15) is 18.4 Å². The minimum absolute atomic E-state index is 0.179. The van der Waals surface area contributed by atoms with Gasteiger partial charge < -0.3 is 15.4 Å². The van der Waals surface area contributed by atoms with Crippen molar-refractivity contribution in [3.05, 3.63) is 46.1 Å². The van der Waals surface area contributed by atoms with Crippen molar-refractivity contribution in [1.82, 2.24) is 10.6 Å². The van der Waals surface area contributed by atoms with Gasteiger partial charge in [0.2, 0.25) is 0 Å². The van der Waals surface area contributed by atoms with Crippen molar-refractivity contribution < 1.29 is 9.53 Å². The second kappa shape index (κ2) is 7.31. The van der Waals surface area contributed by atoms with Crippen LogP contribution in [0.25, 0.3) is 0 Å². The summed E-state index contributed by atoms with van der Waals surface area (Å²) < 4.78 is 6.28. The van der Waals surface area contributed by atoms with Crippen molar-refractivity contribution in [3.8, 4) is 0 Å². The number of benzene rings is 1. The summed E-state index contributed by atoms with van der Waals surface area (Å²) in [6.07, 6.45) is 3.58. The number of halogens is 1. The highest BCUT2D eigenvalue weighted by Gasteiger charge is 2.05. The van der Waals surface area contributed by atoms with Gasteiger partial charge in [-0.15, -0.1) is 0 Å². The molecule has 1 fully saturated rings. The van der Waals surface area contributed by atoms with Gasteiger partial charge in [0.05, 0.1) is 13.2 Å². The second-order valence-corrected chi connectivity index (χ2v) is 5.28. The molecule has 4 nitrogen and oxygen atoms in total. The Morgan fingerprint density at radius 3 is 2.63 bits per heavy atom. The minimum atomic E-state index is -0.179. The molecule has 0 saturated carbocycles. The molecule has 102 valence electrons. The van der Waals surface area contributed by atoms with Crippen LogP contribution in [0.5, 0.6) is 0 Å². The van der Waals surface area contributed by atoms with Crippen LogP contribution in [-0.2, 0) is 11.3 Å². The van der Waals surface area contributed by atoms with Crippen molar-refractivity contribution in [2.45, 2.75) is 19.4 Å². The highest BCUT2D eigenvalue weighted by atomic mass is 79.9. The zero-order valence-electron chi connectivity index (χ0n) is 10.6. The van der Waals surface area contributed by atoms with E-state index in [0.717, 1.165) is 36.1 Å². The Bertz CT molecular complexity index is 449. The first-order valence-corrected chi connectivity index (χ1v) is 7.08. The zero-order chi connectivity index (χ0) is 13.5. The molecule has 1 saturated heterocycles. The maximum absolute atomic E-state index is 11.6. The lowest BCUT2D eigenvalue weighted by Crippen LogP contribution is -2.32. The highest BCUT2D eigenvalue weighted by molar-refractivity contribution is 9.10. The number of urea groups is 1. The molecule has 0 aromatic heterocycles. The van der Waals surface area contributed by atoms with Crippen molar-refractivity contribution in [3.63, 3.8) is 0 Å². The number of carbonyl (C=O) groups excluding carboxylic acids is 1. The fourth-order valence-corrected chi connectivity index (χ4v) is 2.05. The summed E-state index contributed by atoms with van der Waals surface area (Å²) in [5.41, 5.74) is 2.29. The first-order chi connectivity index (χ1) is 9.24. The van der Waals surface area contributed by atoms with E-state index >= 15 is 0 Å². The maximum atomic E-state index is 11.6. The third kappa shape index (κ3) is 5.04. The van der Waals surface area contributed by atoms with Gasteiger partial charge >= 0.3 is 6.03 Å². The van der Waals surface area contributed by atoms with E-state index in [-0.39, 0.29) is 6.03 Å². The van der Waals surface area contributed by atoms with E-state index < -0.39 is 0 Å². The van der Waals surface area contributed by atoms with Crippen LogP contribution < -0.4 is 10.6 Å². The van der Waals surface area contributed by atoms with Gasteiger partial charge in [0, 0.05) is 17.2 Å². The molecule has 0 radical (unpaired) electrons. The molecule has 0 atom stereocenters. The number of nitrogens with one attached hydrogen (secondary N) is 2. The van der Waals surface area contributed by atoms with Crippen molar-refractivity contribution in [1.29, 1.82) is 0 Å². The largest absolute Gasteiger partial charge is 0.381 e. The fraction of sp³-hybridized carbons (Fsp3) is 0.357. The Kier molecular flexibility index (Phi) is 5.42. The molecule has 1 aliphatic heterocycles. The first-order valence-electron chi connectivity index (χ1n) is 6.28. The van der Waals surface area contributed by atoms with Gasteiger partial charge in [0.25, 0.3) is 0 Å². The Labute approximate surface area is 121 Å². The van der Waals surface area contributed by atoms with E-state index in [1.54, 1.807) is 6.20 Å². The van der Waals surface area contributed by atoms with Gasteiger partial charge in [0.15, 0.2) is 0 Å². The lowest BCUT2D eigenvalue weighted by molar-refractivity contribution is 0.119. The lowest BCUT2D eigenvalue weighted by atomic mass is 10.1. The van der Waals surface area contributed by atoms with Gasteiger partial charge in [0.1, 0.15) is 0 Å². The van der Waals surface area contributed by atoms with E-state index in [1.165, 1.54) is 5.57 Å². The highest BCUT2D eigenvalue weighted by Crippen LogP contribution is 2.12. The van der Waals surface area contributed by atoms with E-state index in [0.29, 0.717) is 6.54 Å². The molecule has 19 heavy (non-hydrogen) atoms. The summed E-state index contributed by atoms with van der Waals surface area (Å²) in [5.74, 6) is 0. The predicted molar refractivity (Wildman–Crippen MR) is 77.6 cm³/mol. The summed E-state index contributed by atoms with van der Waals surface area (Å²) in [6, 6.07) is 7.68. The Morgan fingerprint density at radius 2 is 1.95 bits per heavy atom. The third-order valence-electron chi connectivity index (χ3n) is 2.91. The number of rotatable bonds is 3. The molecule has 0 aliphatic carbocycles. The average molecular weight is 325 g/mol. The van der Waals surface area contributed by atoms with Crippen LogP contribution in [0.4, 0.5) is 4.79 Å². The molecule has 1 aromatic carbocycles. The van der Waals surface area contributed by atoms with Crippen LogP contribution >= 0.6 is 15.9 Å². The molecule has 0 bridgehead atoms. The molecule has 1 aliphatic rings. The number of hydrogen-bond acceptors (Lipinski definition) is 2. The Hall–Kier alpha value is -1.33. The molecule has 2 amide bonds. The van der Waals surface area contributed by atoms with Crippen molar-refractivity contribution in [2.24, 2.45) is 0 Å². The van der Waals surface area contributed by atoms with Gasteiger partial charge in [-0.1, -0.05) is 28.1 Å². The van der Waals surface area contributed by atoms with E-state index in [9.17, 15) is 4.79 Å². The SMILES string of the molecule is O=C(NC=C1CCOCC1)NCc1ccc(Br)cc1. The normalized spacial score (nSPS) is 14.9. The molecule has 2 rings (SSSR count). The molecular weight excluding hydrogens is 308 g/mol. The van der Waals surface area contributed by atoms with Crippen molar-refractivity contribution in [2.75, 3.05) is 13.2 Å². The number of ether oxygens (including phenoxy) is 1. The summed E-state index contributed by atoms with van der Waals surface area (Å²) in [6.45, 7) is 2.01. The summed E-state index contributed by atoms with van der Waals surface area (Å²) in [5, 5.41) is 5.57. The van der Waals surface area contributed by atoms with Gasteiger partial charge in [-0.3, -0.25) is 0 Å². The van der Waals surface area contributed by atoms with E-state index in [2.05, 4.69) is 26.6 Å². The molecule has 2 N–H and O–H groups in total. The maximum Gasteiger partial charge on any atom is 0.319 e. The lowest BCUT2D eigenvalue weighted by Gasteiger charge is -2.14. The summed E-state index contributed by atoms with van der Waals surface area (Å²) in [7, 11) is 0. The third-order valence-corrected chi connectivity index (χ3v) is 3.44. The predicted octanol–water partition coefficient (Wildman–Crippen LogP) is 2.94. The van der Waals surface area contributed by atoms with Crippen molar-refractivity contribution >= 4 is 22.0 Å². The van der Waals surface area contributed by atoms with Gasteiger partial charge in [-0.05, 0) is 36.1 Å². The van der Waals surface area contributed by atoms with Crippen LogP contribution in [0.2, 0.25) is 0 Å². The van der Waals surface area contributed by atoms with E-state index in [4.69, 9.17) is 4.74 Å². The summed E-state index contributed by atoms with van der Waals surface area (Å²) >= 11 is 3.38. The first kappa shape index (κ1) is 14.1. The van der Waals surface area contributed by atoms with Crippen LogP contribution in [0, 0.1) is 0 Å². The fourth-order valence-electron chi connectivity index (χ4n) is 1.78. The zero-order valence-corrected chi connectivity index (χ0v) is 12.2. The van der Waals surface area contributed by atoms with Crippen LogP contribution in [0.15, 0.2) is 40.5 Å². The molecule has 1 aromatic rings. The smallest absolute Gasteiger partial charge is 0.319 e. The van der Waals surface area contributed by atoms with E-state index in [1.807, 2.05) is 24.3 Å². The number of amides is 2. The number of carbonyl (C=O) groups is 1. The molecule has 5 heteroatoms. The standard InChI is InChI=1S/C14H17BrN2O2/c15-13-3-1-11(2-4-13)9-16-14(18)17-10-12-5-7-19-8-6-12/h1-4,10H,5-9H2,(H2,16,17,18). The minimum Gasteiger partial charge on any atom is -0.381 e. The average Bonchev–Trinajstić information content (AvgIpc) is 2.45. The topological polar surface area (TPSA) is 50.4 Å². The quantitative estimate of drug-likeness (QED) is 0.898. The van der Waals surface area contributed by atoms with Crippen LogP contribution in [0.3, 0.4) is 0 Å². The molecule has 1 heterocycles. The monoisotopic (exact) mass is 324 g/mol. The second-order valence-electron chi connectivity index (χ2n) is 4.37. The van der Waals surface area contributed by atoms with Gasteiger partial charge in [-0.25, -0.2) is 4.79 Å². The molecular formula is C14H17BrN2O2. The van der Waals surface area contributed by atoms with Crippen LogP contribution in [-0.4, -0.2) is 19.2 Å². The number of hydrogen-bond donors (Lipinski definition) is 2. The molecule has 0 spiro atoms. The molecule has 0 unspecified atom stereocenters. The summed E-state index contributed by atoms with van der Waals surface area (Å²) in [4.78, 5) is 11.6. The Morgan fingerprint density at radius 1 is 1.26 bits per heavy atom.